The van der Waals surface area contributed by atoms with Gasteiger partial charge in [0.25, 0.3) is 0 Å². The summed E-state index contributed by atoms with van der Waals surface area (Å²) in [6.45, 7) is 0. The normalized spacial score (nSPS) is 13.1. The minimum absolute atomic E-state index is 0.201. The molecule has 0 saturated carbocycles. The van der Waals surface area contributed by atoms with Crippen molar-refractivity contribution in [1.29, 1.82) is 0 Å². The van der Waals surface area contributed by atoms with Crippen LogP contribution in [0.4, 0.5) is 0 Å². The number of nitrogens with zero attached hydrogens (tertiary/aromatic N) is 2. The zero-order valence-electron chi connectivity index (χ0n) is 9.91. The number of fused-ring (bicyclic) bond motifs is 1. The van der Waals surface area contributed by atoms with Crippen molar-refractivity contribution in [3.05, 3.63) is 53.0 Å². The Kier molecular flexibility index (Phi) is 2.72. The summed E-state index contributed by atoms with van der Waals surface area (Å²) in [6, 6.07) is 6.48. The molecule has 0 aliphatic carbocycles. The number of carboxylic acids is 1. The van der Waals surface area contributed by atoms with Crippen LogP contribution in [0.5, 0.6) is 0 Å². The lowest BCUT2D eigenvalue weighted by Gasteiger charge is -1.97. The lowest BCUT2D eigenvalue weighted by Crippen LogP contribution is -2.21. The molecule has 2 aromatic rings. The zero-order chi connectivity index (χ0) is 13.2. The maximum absolute atomic E-state index is 10.9. The van der Waals surface area contributed by atoms with E-state index in [1.165, 1.54) is 12.1 Å². The SMILES string of the molecule is O=C(O)c1cccc(-c2nc3c(o2)=CCC=CN=3)c1. The second kappa shape index (κ2) is 4.53. The first-order valence-electron chi connectivity index (χ1n) is 5.77. The zero-order valence-corrected chi connectivity index (χ0v) is 9.91. The molecule has 5 heteroatoms. The van der Waals surface area contributed by atoms with Gasteiger partial charge in [0.2, 0.25) is 5.89 Å². The topological polar surface area (TPSA) is 75.7 Å². The second-order valence-electron chi connectivity index (χ2n) is 4.05. The summed E-state index contributed by atoms with van der Waals surface area (Å²) < 4.78 is 5.61. The fraction of sp³-hybridized carbons (Fsp3) is 0.0714. The Labute approximate surface area is 108 Å². The van der Waals surface area contributed by atoms with E-state index in [1.54, 1.807) is 18.3 Å². The van der Waals surface area contributed by atoms with Gasteiger partial charge in [-0.05, 0) is 30.7 Å². The number of hydrogen-bond acceptors (Lipinski definition) is 4. The Morgan fingerprint density at radius 3 is 3.11 bits per heavy atom. The highest BCUT2D eigenvalue weighted by molar-refractivity contribution is 5.88. The molecule has 0 unspecified atom stereocenters. The number of allylic oxidation sites excluding steroid dienone is 1. The minimum Gasteiger partial charge on any atom is -0.478 e. The van der Waals surface area contributed by atoms with Gasteiger partial charge in [-0.3, -0.25) is 0 Å². The predicted octanol–water partition coefficient (Wildman–Crippen LogP) is 1.36. The van der Waals surface area contributed by atoms with Gasteiger partial charge < -0.3 is 9.52 Å². The Hall–Kier alpha value is -2.69. The van der Waals surface area contributed by atoms with Gasteiger partial charge in [-0.25, -0.2) is 9.79 Å². The Morgan fingerprint density at radius 2 is 2.26 bits per heavy atom. The van der Waals surface area contributed by atoms with Crippen molar-refractivity contribution in [1.82, 2.24) is 4.98 Å². The smallest absolute Gasteiger partial charge is 0.335 e. The monoisotopic (exact) mass is 254 g/mol. The summed E-state index contributed by atoms with van der Waals surface area (Å²) in [5.41, 5.74) is 1.96. The van der Waals surface area contributed by atoms with Crippen molar-refractivity contribution in [3.8, 4) is 11.5 Å². The summed E-state index contributed by atoms with van der Waals surface area (Å²) in [5.74, 6) is -0.599. The minimum atomic E-state index is -0.978. The van der Waals surface area contributed by atoms with Crippen LogP contribution < -0.4 is 10.9 Å². The standard InChI is InChI=1S/C14H10N2O3/c17-14(18)10-5-3-4-9(8-10)13-16-12-11(19-13)6-1-2-7-15-12/h2-8H,1H2,(H,17,18). The third-order valence-corrected chi connectivity index (χ3v) is 2.73. The molecule has 1 aliphatic rings. The molecule has 1 N–H and O–H groups in total. The summed E-state index contributed by atoms with van der Waals surface area (Å²) in [7, 11) is 0. The number of benzene rings is 1. The Bertz CT molecular complexity index is 787. The number of aromatic nitrogens is 1. The maximum atomic E-state index is 10.9. The lowest BCUT2D eigenvalue weighted by molar-refractivity contribution is 0.0697. The third kappa shape index (κ3) is 2.18. The number of rotatable bonds is 2. The lowest BCUT2D eigenvalue weighted by atomic mass is 10.1. The molecule has 2 heterocycles. The van der Waals surface area contributed by atoms with Crippen LogP contribution in [0.2, 0.25) is 0 Å². The molecular weight excluding hydrogens is 244 g/mol. The molecule has 0 radical (unpaired) electrons. The van der Waals surface area contributed by atoms with Crippen molar-refractivity contribution < 1.29 is 14.3 Å². The summed E-state index contributed by atoms with van der Waals surface area (Å²) >= 11 is 0. The maximum Gasteiger partial charge on any atom is 0.335 e. The second-order valence-corrected chi connectivity index (χ2v) is 4.05. The van der Waals surface area contributed by atoms with Gasteiger partial charge in [0, 0.05) is 11.8 Å². The first kappa shape index (κ1) is 11.4. The highest BCUT2D eigenvalue weighted by atomic mass is 16.4. The van der Waals surface area contributed by atoms with Crippen molar-refractivity contribution in [3.63, 3.8) is 0 Å². The molecule has 1 aromatic carbocycles. The van der Waals surface area contributed by atoms with Crippen LogP contribution in [-0.2, 0) is 0 Å². The molecule has 0 fully saturated rings. The van der Waals surface area contributed by atoms with E-state index in [2.05, 4.69) is 9.98 Å². The molecule has 0 spiro atoms. The largest absolute Gasteiger partial charge is 0.478 e. The summed E-state index contributed by atoms with van der Waals surface area (Å²) in [5, 5.41) is 8.97. The highest BCUT2D eigenvalue weighted by Gasteiger charge is 2.10. The van der Waals surface area contributed by atoms with E-state index in [9.17, 15) is 4.79 Å². The van der Waals surface area contributed by atoms with Crippen molar-refractivity contribution >= 4 is 12.0 Å². The predicted molar refractivity (Wildman–Crippen MR) is 67.9 cm³/mol. The number of hydrogen-bond donors (Lipinski definition) is 1. The summed E-state index contributed by atoms with van der Waals surface area (Å²) in [4.78, 5) is 19.4. The van der Waals surface area contributed by atoms with Gasteiger partial charge >= 0.3 is 5.97 Å². The molecule has 0 atom stereocenters. The molecular formula is C14H10N2O3. The van der Waals surface area contributed by atoms with Crippen LogP contribution in [0, 0.1) is 0 Å². The van der Waals surface area contributed by atoms with Crippen LogP contribution in [0.15, 0.2) is 46.0 Å². The number of carboxylic acid groups (broad SMARTS) is 1. The van der Waals surface area contributed by atoms with E-state index in [0.717, 1.165) is 6.42 Å². The molecule has 19 heavy (non-hydrogen) atoms. The fourth-order valence-corrected chi connectivity index (χ4v) is 1.82. The van der Waals surface area contributed by atoms with Crippen molar-refractivity contribution in [2.75, 3.05) is 0 Å². The molecule has 94 valence electrons. The molecule has 0 amide bonds. The third-order valence-electron chi connectivity index (χ3n) is 2.73. The summed E-state index contributed by atoms with van der Waals surface area (Å²) in [6.07, 6.45) is 6.21. The van der Waals surface area contributed by atoms with Gasteiger partial charge in [-0.2, -0.15) is 4.98 Å². The van der Waals surface area contributed by atoms with Gasteiger partial charge in [-0.1, -0.05) is 12.1 Å². The number of aromatic carboxylic acids is 1. The van der Waals surface area contributed by atoms with Gasteiger partial charge in [-0.15, -0.1) is 0 Å². The molecule has 1 aromatic heterocycles. The molecule has 5 nitrogen and oxygen atoms in total. The average Bonchev–Trinajstić information content (AvgIpc) is 2.70. The molecule has 3 rings (SSSR count). The van der Waals surface area contributed by atoms with Gasteiger partial charge in [0.05, 0.1) is 5.56 Å². The van der Waals surface area contributed by atoms with Crippen LogP contribution in [0.3, 0.4) is 0 Å². The molecule has 0 bridgehead atoms. The number of oxazole rings is 1. The van der Waals surface area contributed by atoms with E-state index < -0.39 is 5.97 Å². The first-order chi connectivity index (χ1) is 9.24. The van der Waals surface area contributed by atoms with Crippen LogP contribution in [0.25, 0.3) is 17.5 Å². The fourth-order valence-electron chi connectivity index (χ4n) is 1.82. The van der Waals surface area contributed by atoms with Crippen molar-refractivity contribution in [2.24, 2.45) is 4.99 Å². The molecule has 1 aliphatic heterocycles. The van der Waals surface area contributed by atoms with E-state index in [-0.39, 0.29) is 5.56 Å². The van der Waals surface area contributed by atoms with Crippen LogP contribution in [0.1, 0.15) is 16.8 Å². The Morgan fingerprint density at radius 1 is 1.37 bits per heavy atom. The average molecular weight is 254 g/mol. The highest BCUT2D eigenvalue weighted by Crippen LogP contribution is 2.16. The van der Waals surface area contributed by atoms with Crippen LogP contribution >= 0.6 is 0 Å². The van der Waals surface area contributed by atoms with Gasteiger partial charge in [0.15, 0.2) is 10.9 Å². The van der Waals surface area contributed by atoms with Crippen molar-refractivity contribution in [2.45, 2.75) is 6.42 Å². The number of carbonyl (C=O) groups is 1. The van der Waals surface area contributed by atoms with E-state index in [4.69, 9.17) is 9.52 Å². The molecule has 0 saturated heterocycles. The van der Waals surface area contributed by atoms with Gasteiger partial charge in [0.1, 0.15) is 0 Å². The first-order valence-corrected chi connectivity index (χ1v) is 5.77. The van der Waals surface area contributed by atoms with E-state index in [0.29, 0.717) is 22.4 Å². The Balaban J connectivity index is 2.14. The quantitative estimate of drug-likeness (QED) is 0.877. The van der Waals surface area contributed by atoms with Crippen LogP contribution in [-0.4, -0.2) is 16.1 Å². The van der Waals surface area contributed by atoms with E-state index in [1.807, 2.05) is 12.2 Å². The van der Waals surface area contributed by atoms with E-state index >= 15 is 0 Å².